The molecule has 1 aromatic carbocycles. The molecule has 6 nitrogen and oxygen atoms in total. The fourth-order valence-electron chi connectivity index (χ4n) is 3.82. The van der Waals surface area contributed by atoms with Crippen molar-refractivity contribution in [2.75, 3.05) is 37.3 Å². The molecule has 0 saturated carbocycles. The van der Waals surface area contributed by atoms with Crippen LogP contribution in [0.4, 0.5) is 5.69 Å². The van der Waals surface area contributed by atoms with E-state index in [-0.39, 0.29) is 24.4 Å². The van der Waals surface area contributed by atoms with E-state index in [1.54, 1.807) is 0 Å². The van der Waals surface area contributed by atoms with Crippen molar-refractivity contribution in [3.63, 3.8) is 0 Å². The van der Waals surface area contributed by atoms with Crippen molar-refractivity contribution in [1.29, 1.82) is 0 Å². The summed E-state index contributed by atoms with van der Waals surface area (Å²) < 4.78 is 24.9. The van der Waals surface area contributed by atoms with Crippen LogP contribution in [0, 0.1) is 5.92 Å². The number of anilines is 1. The molecule has 0 aromatic heterocycles. The fraction of sp³-hybridized carbons (Fsp3) is 0.632. The molecule has 2 atom stereocenters. The van der Waals surface area contributed by atoms with E-state index in [1.807, 2.05) is 6.92 Å². The van der Waals surface area contributed by atoms with Crippen LogP contribution in [-0.2, 0) is 14.8 Å². The number of rotatable bonds is 5. The van der Waals surface area contributed by atoms with Gasteiger partial charge in [0.1, 0.15) is 0 Å². The van der Waals surface area contributed by atoms with Gasteiger partial charge in [0.2, 0.25) is 15.9 Å². The van der Waals surface area contributed by atoms with E-state index in [9.17, 15) is 13.2 Å². The van der Waals surface area contributed by atoms with E-state index in [0.717, 1.165) is 31.5 Å². The Bertz CT molecular complexity index is 727. The van der Waals surface area contributed by atoms with Crippen molar-refractivity contribution < 1.29 is 13.2 Å². The standard InChI is InChI=1S/C19H29N3O3S/c1-15(16-7-9-18(10-8-16)21-11-3-4-12-21)20-19(23)17-6-5-13-22(14-17)26(2,24)25/h7-10,15,17H,3-6,11-14H2,1-2H3,(H,20,23)/t15-,17-/m0/s1. The zero-order valence-electron chi connectivity index (χ0n) is 15.6. The van der Waals surface area contributed by atoms with Gasteiger partial charge in [0.25, 0.3) is 0 Å². The van der Waals surface area contributed by atoms with Crippen molar-refractivity contribution in [3.05, 3.63) is 29.8 Å². The number of benzene rings is 1. The predicted molar refractivity (Wildman–Crippen MR) is 104 cm³/mol. The molecule has 26 heavy (non-hydrogen) atoms. The predicted octanol–water partition coefficient (Wildman–Crippen LogP) is 2.14. The minimum atomic E-state index is -3.24. The lowest BCUT2D eigenvalue weighted by Gasteiger charge is -2.31. The minimum Gasteiger partial charge on any atom is -0.372 e. The number of sulfonamides is 1. The summed E-state index contributed by atoms with van der Waals surface area (Å²) in [6.07, 6.45) is 5.17. The Morgan fingerprint density at radius 2 is 1.77 bits per heavy atom. The highest BCUT2D eigenvalue weighted by molar-refractivity contribution is 7.88. The first kappa shape index (κ1) is 19.2. The first-order valence-corrected chi connectivity index (χ1v) is 11.3. The lowest BCUT2D eigenvalue weighted by atomic mass is 9.98. The Labute approximate surface area is 156 Å². The van der Waals surface area contributed by atoms with Crippen LogP contribution >= 0.6 is 0 Å². The van der Waals surface area contributed by atoms with E-state index in [0.29, 0.717) is 6.54 Å². The summed E-state index contributed by atoms with van der Waals surface area (Å²) >= 11 is 0. The van der Waals surface area contributed by atoms with Crippen molar-refractivity contribution in [1.82, 2.24) is 9.62 Å². The van der Waals surface area contributed by atoms with Crippen LogP contribution < -0.4 is 10.2 Å². The zero-order valence-corrected chi connectivity index (χ0v) is 16.5. The molecule has 144 valence electrons. The maximum atomic E-state index is 12.6. The summed E-state index contributed by atoms with van der Waals surface area (Å²) in [5.74, 6) is -0.334. The number of carbonyl (C=O) groups is 1. The largest absolute Gasteiger partial charge is 0.372 e. The highest BCUT2D eigenvalue weighted by atomic mass is 32.2. The molecular weight excluding hydrogens is 350 g/mol. The number of hydrogen-bond acceptors (Lipinski definition) is 4. The van der Waals surface area contributed by atoms with E-state index in [2.05, 4.69) is 34.5 Å². The molecule has 0 spiro atoms. The van der Waals surface area contributed by atoms with Crippen LogP contribution in [0.15, 0.2) is 24.3 Å². The topological polar surface area (TPSA) is 69.7 Å². The van der Waals surface area contributed by atoms with Gasteiger partial charge >= 0.3 is 0 Å². The number of carbonyl (C=O) groups excluding carboxylic acids is 1. The van der Waals surface area contributed by atoms with Gasteiger partial charge in [-0.05, 0) is 50.3 Å². The average molecular weight is 380 g/mol. The van der Waals surface area contributed by atoms with Crippen LogP contribution in [0.5, 0.6) is 0 Å². The first-order chi connectivity index (χ1) is 12.3. The molecular formula is C19H29N3O3S. The Kier molecular flexibility index (Phi) is 5.87. The Morgan fingerprint density at radius 3 is 2.38 bits per heavy atom. The van der Waals surface area contributed by atoms with E-state index >= 15 is 0 Å². The van der Waals surface area contributed by atoms with Crippen LogP contribution in [0.1, 0.15) is 44.2 Å². The number of nitrogens with zero attached hydrogens (tertiary/aromatic N) is 2. The SMILES string of the molecule is C[C@H](NC(=O)[C@H]1CCCN(S(C)(=O)=O)C1)c1ccc(N2CCCC2)cc1. The second-order valence-corrected chi connectivity index (χ2v) is 9.46. The fourth-order valence-corrected chi connectivity index (χ4v) is 4.73. The summed E-state index contributed by atoms with van der Waals surface area (Å²) in [6.45, 7) is 5.00. The molecule has 2 aliphatic rings. The number of piperidine rings is 1. The smallest absolute Gasteiger partial charge is 0.224 e. The molecule has 0 bridgehead atoms. The Balaban J connectivity index is 1.58. The Morgan fingerprint density at radius 1 is 1.12 bits per heavy atom. The van der Waals surface area contributed by atoms with E-state index in [4.69, 9.17) is 0 Å². The van der Waals surface area contributed by atoms with Gasteiger partial charge in [0, 0.05) is 31.9 Å². The lowest BCUT2D eigenvalue weighted by Crippen LogP contribution is -2.45. The van der Waals surface area contributed by atoms with Gasteiger partial charge < -0.3 is 10.2 Å². The third kappa shape index (κ3) is 4.57. The molecule has 3 rings (SSSR count). The number of hydrogen-bond donors (Lipinski definition) is 1. The first-order valence-electron chi connectivity index (χ1n) is 9.45. The summed E-state index contributed by atoms with van der Waals surface area (Å²) in [4.78, 5) is 15.0. The molecule has 2 saturated heterocycles. The summed E-state index contributed by atoms with van der Waals surface area (Å²) in [5, 5.41) is 3.05. The third-order valence-corrected chi connectivity index (χ3v) is 6.72. The highest BCUT2D eigenvalue weighted by Crippen LogP contribution is 2.24. The van der Waals surface area contributed by atoms with Gasteiger partial charge in [-0.1, -0.05) is 12.1 Å². The monoisotopic (exact) mass is 379 g/mol. The highest BCUT2D eigenvalue weighted by Gasteiger charge is 2.30. The molecule has 2 fully saturated rings. The number of amides is 1. The third-order valence-electron chi connectivity index (χ3n) is 5.45. The maximum Gasteiger partial charge on any atom is 0.224 e. The lowest BCUT2D eigenvalue weighted by molar-refractivity contribution is -0.126. The molecule has 1 amide bonds. The van der Waals surface area contributed by atoms with Gasteiger partial charge in [-0.25, -0.2) is 12.7 Å². The summed E-state index contributed by atoms with van der Waals surface area (Å²) in [5.41, 5.74) is 2.30. The van der Waals surface area contributed by atoms with Crippen molar-refractivity contribution in [2.45, 2.75) is 38.6 Å². The normalized spacial score (nSPS) is 23.0. The molecule has 0 aliphatic carbocycles. The van der Waals surface area contributed by atoms with Crippen LogP contribution in [0.25, 0.3) is 0 Å². The van der Waals surface area contributed by atoms with Gasteiger partial charge in [0.05, 0.1) is 18.2 Å². The summed E-state index contributed by atoms with van der Waals surface area (Å²) in [7, 11) is -3.24. The van der Waals surface area contributed by atoms with Crippen molar-refractivity contribution in [2.24, 2.45) is 5.92 Å². The molecule has 2 aliphatic heterocycles. The van der Waals surface area contributed by atoms with Gasteiger partial charge in [-0.15, -0.1) is 0 Å². The van der Waals surface area contributed by atoms with E-state index in [1.165, 1.54) is 29.1 Å². The molecule has 7 heteroatoms. The maximum absolute atomic E-state index is 12.6. The Hall–Kier alpha value is -1.60. The number of nitrogens with one attached hydrogen (secondary N) is 1. The molecule has 1 aromatic rings. The van der Waals surface area contributed by atoms with Crippen molar-refractivity contribution >= 4 is 21.6 Å². The molecule has 1 N–H and O–H groups in total. The average Bonchev–Trinajstić information content (AvgIpc) is 3.16. The zero-order chi connectivity index (χ0) is 18.7. The second kappa shape index (κ2) is 7.96. The van der Waals surface area contributed by atoms with Crippen molar-refractivity contribution in [3.8, 4) is 0 Å². The summed E-state index contributed by atoms with van der Waals surface area (Å²) in [6, 6.07) is 8.29. The van der Waals surface area contributed by atoms with Gasteiger partial charge in [-0.2, -0.15) is 0 Å². The van der Waals surface area contributed by atoms with Gasteiger partial charge in [-0.3, -0.25) is 4.79 Å². The van der Waals surface area contributed by atoms with Crippen LogP contribution in [-0.4, -0.2) is 51.1 Å². The molecule has 0 unspecified atom stereocenters. The quantitative estimate of drug-likeness (QED) is 0.851. The van der Waals surface area contributed by atoms with Gasteiger partial charge in [0.15, 0.2) is 0 Å². The minimum absolute atomic E-state index is 0.0607. The van der Waals surface area contributed by atoms with Crippen LogP contribution in [0.3, 0.4) is 0 Å². The van der Waals surface area contributed by atoms with E-state index < -0.39 is 10.0 Å². The second-order valence-electron chi connectivity index (χ2n) is 7.48. The van der Waals surface area contributed by atoms with Crippen LogP contribution in [0.2, 0.25) is 0 Å². The molecule has 0 radical (unpaired) electrons. The molecule has 2 heterocycles.